The normalized spacial score (nSPS) is 11.9. The molecule has 0 bridgehead atoms. The molecule has 1 rings (SSSR count). The third-order valence-electron chi connectivity index (χ3n) is 3.12. The van der Waals surface area contributed by atoms with Gasteiger partial charge in [0.2, 0.25) is 0 Å². The molecular weight excluding hydrogens is 278 g/mol. The highest BCUT2D eigenvalue weighted by molar-refractivity contribution is 5.79. The van der Waals surface area contributed by atoms with Crippen LogP contribution in [0.2, 0.25) is 0 Å². The van der Waals surface area contributed by atoms with E-state index in [0.717, 1.165) is 57.2 Å². The molecule has 0 radical (unpaired) electrons. The summed E-state index contributed by atoms with van der Waals surface area (Å²) in [7, 11) is 0. The molecule has 1 heterocycles. The lowest BCUT2D eigenvalue weighted by atomic mass is 10.1. The van der Waals surface area contributed by atoms with Gasteiger partial charge < -0.3 is 19.8 Å². The van der Waals surface area contributed by atoms with Gasteiger partial charge >= 0.3 is 0 Å². The fourth-order valence-electron chi connectivity index (χ4n) is 1.82. The Morgan fingerprint density at radius 1 is 1.27 bits per heavy atom. The van der Waals surface area contributed by atoms with Crippen molar-refractivity contribution < 1.29 is 9.15 Å². The van der Waals surface area contributed by atoms with E-state index in [1.54, 1.807) is 6.26 Å². The van der Waals surface area contributed by atoms with Crippen molar-refractivity contribution in [2.45, 2.75) is 40.0 Å². The summed E-state index contributed by atoms with van der Waals surface area (Å²) in [5, 5.41) is 6.63. The number of ether oxygens (including phenoxy) is 1. The maximum absolute atomic E-state index is 5.60. The number of rotatable bonds is 11. The fraction of sp³-hybridized carbons (Fsp3) is 0.706. The Kier molecular flexibility index (Phi) is 10.2. The molecule has 0 spiro atoms. The second kappa shape index (κ2) is 12.1. The average Bonchev–Trinajstić information content (AvgIpc) is 3.00. The molecule has 0 saturated heterocycles. The quantitative estimate of drug-likeness (QED) is 0.375. The summed E-state index contributed by atoms with van der Waals surface area (Å²) in [6.45, 7) is 10.5. The number of guanidine groups is 1. The number of hydrogen-bond acceptors (Lipinski definition) is 3. The first kappa shape index (κ1) is 18.6. The minimum absolute atomic E-state index is 0.693. The predicted molar refractivity (Wildman–Crippen MR) is 91.3 cm³/mol. The monoisotopic (exact) mass is 309 g/mol. The van der Waals surface area contributed by atoms with Crippen molar-refractivity contribution in [3.8, 4) is 0 Å². The largest absolute Gasteiger partial charge is 0.469 e. The van der Waals surface area contributed by atoms with E-state index in [2.05, 4.69) is 36.4 Å². The van der Waals surface area contributed by atoms with E-state index in [0.29, 0.717) is 12.5 Å². The van der Waals surface area contributed by atoms with Gasteiger partial charge in [-0.15, -0.1) is 0 Å². The summed E-state index contributed by atoms with van der Waals surface area (Å²) in [5.41, 5.74) is 0. The minimum atomic E-state index is 0.693. The lowest BCUT2D eigenvalue weighted by molar-refractivity contribution is 0.128. The van der Waals surface area contributed by atoms with Crippen molar-refractivity contribution in [2.24, 2.45) is 10.9 Å². The molecule has 2 N–H and O–H groups in total. The van der Waals surface area contributed by atoms with E-state index in [9.17, 15) is 0 Å². The van der Waals surface area contributed by atoms with Crippen molar-refractivity contribution in [3.05, 3.63) is 24.2 Å². The molecule has 5 heteroatoms. The molecule has 0 aliphatic rings. The molecule has 0 fully saturated rings. The van der Waals surface area contributed by atoms with Gasteiger partial charge in [-0.1, -0.05) is 20.8 Å². The molecule has 22 heavy (non-hydrogen) atoms. The first-order valence-electron chi connectivity index (χ1n) is 8.34. The van der Waals surface area contributed by atoms with E-state index in [1.807, 2.05) is 12.1 Å². The van der Waals surface area contributed by atoms with Crippen molar-refractivity contribution in [1.29, 1.82) is 0 Å². The van der Waals surface area contributed by atoms with E-state index in [1.165, 1.54) is 0 Å². The van der Waals surface area contributed by atoms with Crippen molar-refractivity contribution in [3.63, 3.8) is 0 Å². The summed E-state index contributed by atoms with van der Waals surface area (Å²) in [5.74, 6) is 2.53. The van der Waals surface area contributed by atoms with Gasteiger partial charge in [-0.05, 0) is 30.9 Å². The Hall–Kier alpha value is -1.49. The second-order valence-electron chi connectivity index (χ2n) is 5.71. The topological polar surface area (TPSA) is 58.8 Å². The van der Waals surface area contributed by atoms with Crippen LogP contribution in [0.3, 0.4) is 0 Å². The number of aliphatic imine (C=N–C) groups is 1. The molecule has 0 saturated carbocycles. The van der Waals surface area contributed by atoms with E-state index < -0.39 is 0 Å². The van der Waals surface area contributed by atoms with Crippen LogP contribution in [-0.2, 0) is 11.2 Å². The predicted octanol–water partition coefficient (Wildman–Crippen LogP) is 2.83. The maximum atomic E-state index is 5.60. The van der Waals surface area contributed by atoms with Crippen LogP contribution in [0.5, 0.6) is 0 Å². The third-order valence-corrected chi connectivity index (χ3v) is 3.12. The van der Waals surface area contributed by atoms with Crippen LogP contribution in [0.1, 0.15) is 39.4 Å². The van der Waals surface area contributed by atoms with Crippen molar-refractivity contribution >= 4 is 5.96 Å². The molecule has 126 valence electrons. The highest BCUT2D eigenvalue weighted by Crippen LogP contribution is 1.99. The van der Waals surface area contributed by atoms with Gasteiger partial charge in [0, 0.05) is 32.7 Å². The SMILES string of the molecule is CCCN=C(NCCOCCC(C)C)NCCc1ccco1. The zero-order valence-electron chi connectivity index (χ0n) is 14.2. The van der Waals surface area contributed by atoms with E-state index in [-0.39, 0.29) is 0 Å². The summed E-state index contributed by atoms with van der Waals surface area (Å²) in [6, 6.07) is 3.90. The van der Waals surface area contributed by atoms with Crippen LogP contribution in [0, 0.1) is 5.92 Å². The first-order valence-corrected chi connectivity index (χ1v) is 8.34. The Balaban J connectivity index is 2.17. The Morgan fingerprint density at radius 2 is 2.09 bits per heavy atom. The first-order chi connectivity index (χ1) is 10.7. The van der Waals surface area contributed by atoms with Crippen LogP contribution >= 0.6 is 0 Å². The molecule has 1 aromatic heterocycles. The number of nitrogens with one attached hydrogen (secondary N) is 2. The van der Waals surface area contributed by atoms with Crippen LogP contribution in [0.15, 0.2) is 27.8 Å². The lowest BCUT2D eigenvalue weighted by Crippen LogP contribution is -2.40. The van der Waals surface area contributed by atoms with Crippen LogP contribution in [-0.4, -0.2) is 38.8 Å². The smallest absolute Gasteiger partial charge is 0.191 e. The molecular formula is C17H31N3O2. The zero-order valence-corrected chi connectivity index (χ0v) is 14.2. The standard InChI is InChI=1S/C17H31N3O2/c1-4-9-18-17(19-10-7-16-6-5-12-22-16)20-11-14-21-13-8-15(2)3/h5-6,12,15H,4,7-11,13-14H2,1-3H3,(H2,18,19,20). The van der Waals surface area contributed by atoms with E-state index in [4.69, 9.17) is 9.15 Å². The van der Waals surface area contributed by atoms with Gasteiger partial charge in [0.15, 0.2) is 5.96 Å². The van der Waals surface area contributed by atoms with Crippen LogP contribution in [0.4, 0.5) is 0 Å². The number of hydrogen-bond donors (Lipinski definition) is 2. The van der Waals surface area contributed by atoms with Gasteiger partial charge in [0.1, 0.15) is 5.76 Å². The Bertz CT molecular complexity index is 389. The van der Waals surface area contributed by atoms with Crippen LogP contribution < -0.4 is 10.6 Å². The van der Waals surface area contributed by atoms with E-state index >= 15 is 0 Å². The summed E-state index contributed by atoms with van der Waals surface area (Å²) in [4.78, 5) is 4.52. The molecule has 0 amide bonds. The second-order valence-corrected chi connectivity index (χ2v) is 5.71. The zero-order chi connectivity index (χ0) is 16.0. The van der Waals surface area contributed by atoms with Crippen molar-refractivity contribution in [1.82, 2.24) is 10.6 Å². The Labute approximate surface area is 134 Å². The van der Waals surface area contributed by atoms with Gasteiger partial charge in [0.05, 0.1) is 12.9 Å². The van der Waals surface area contributed by atoms with Gasteiger partial charge in [-0.3, -0.25) is 4.99 Å². The summed E-state index contributed by atoms with van der Waals surface area (Å²) in [6.07, 6.45) is 4.70. The highest BCUT2D eigenvalue weighted by Gasteiger charge is 2.00. The Morgan fingerprint density at radius 3 is 2.77 bits per heavy atom. The maximum Gasteiger partial charge on any atom is 0.191 e. The molecule has 0 aromatic carbocycles. The molecule has 0 atom stereocenters. The summed E-state index contributed by atoms with van der Waals surface area (Å²) < 4.78 is 10.9. The van der Waals surface area contributed by atoms with Crippen LogP contribution in [0.25, 0.3) is 0 Å². The fourth-order valence-corrected chi connectivity index (χ4v) is 1.82. The molecule has 0 unspecified atom stereocenters. The van der Waals surface area contributed by atoms with Crippen molar-refractivity contribution in [2.75, 3.05) is 32.8 Å². The molecule has 1 aromatic rings. The third kappa shape index (κ3) is 9.45. The summed E-state index contributed by atoms with van der Waals surface area (Å²) >= 11 is 0. The van der Waals surface area contributed by atoms with Gasteiger partial charge in [-0.2, -0.15) is 0 Å². The lowest BCUT2D eigenvalue weighted by Gasteiger charge is -2.12. The highest BCUT2D eigenvalue weighted by atomic mass is 16.5. The van der Waals surface area contributed by atoms with Gasteiger partial charge in [0.25, 0.3) is 0 Å². The number of furan rings is 1. The molecule has 0 aliphatic carbocycles. The van der Waals surface area contributed by atoms with Gasteiger partial charge in [-0.25, -0.2) is 0 Å². The minimum Gasteiger partial charge on any atom is -0.469 e. The molecule has 0 aliphatic heterocycles. The molecule has 5 nitrogen and oxygen atoms in total. The number of nitrogens with zero attached hydrogens (tertiary/aromatic N) is 1. The average molecular weight is 309 g/mol.